The first-order valence-electron chi connectivity index (χ1n) is 12.4. The number of hydrogen-bond acceptors (Lipinski definition) is 4. The molecular weight excluding hydrogens is 624 g/mol. The highest BCUT2D eigenvalue weighted by molar-refractivity contribution is 9.11. The smallest absolute Gasteiger partial charge is 0.0708 e. The van der Waals surface area contributed by atoms with E-state index in [1.54, 1.807) is 0 Å². The van der Waals surface area contributed by atoms with Crippen molar-refractivity contribution < 1.29 is 0 Å². The molecule has 4 aromatic heterocycles. The van der Waals surface area contributed by atoms with Crippen LogP contribution in [0.4, 0.5) is 0 Å². The van der Waals surface area contributed by atoms with Gasteiger partial charge in [0.05, 0.1) is 7.57 Å². The minimum Gasteiger partial charge on any atom is -0.134 e. The van der Waals surface area contributed by atoms with Gasteiger partial charge in [0.25, 0.3) is 0 Å². The van der Waals surface area contributed by atoms with E-state index in [1.165, 1.54) is 112 Å². The lowest BCUT2D eigenvalue weighted by molar-refractivity contribution is 0.668. The maximum absolute atomic E-state index is 3.74. The topological polar surface area (TPSA) is 0 Å². The SMILES string of the molecule is CCCCCCc1cc(Br)sc1-c1ccc(-c2ccc(-c3sc(Br)cc3CCCCCC)s2)s1. The number of aryl methyl sites for hydroxylation is 2. The minimum absolute atomic E-state index is 1.18. The third kappa shape index (κ3) is 6.95. The molecule has 182 valence electrons. The molecule has 0 amide bonds. The Hall–Kier alpha value is -0.240. The Morgan fingerprint density at radius 3 is 1.35 bits per heavy atom. The Kier molecular flexibility index (Phi) is 10.5. The summed E-state index contributed by atoms with van der Waals surface area (Å²) in [4.78, 5) is 8.48. The van der Waals surface area contributed by atoms with Crippen molar-refractivity contribution >= 4 is 77.2 Å². The predicted octanol–water partition coefficient (Wildman–Crippen LogP) is 12.7. The second-order valence-corrected chi connectivity index (χ2v) is 15.8. The molecule has 0 aliphatic carbocycles. The van der Waals surface area contributed by atoms with Gasteiger partial charge in [-0.3, -0.25) is 0 Å². The van der Waals surface area contributed by atoms with Crippen LogP contribution in [0.2, 0.25) is 0 Å². The van der Waals surface area contributed by atoms with E-state index >= 15 is 0 Å². The van der Waals surface area contributed by atoms with Gasteiger partial charge < -0.3 is 0 Å². The zero-order valence-corrected chi connectivity index (χ0v) is 26.4. The maximum atomic E-state index is 3.74. The number of halogens is 2. The van der Waals surface area contributed by atoms with E-state index in [0.29, 0.717) is 0 Å². The van der Waals surface area contributed by atoms with Gasteiger partial charge in [-0.25, -0.2) is 0 Å². The fourth-order valence-corrected chi connectivity index (χ4v) is 10.0. The molecule has 0 radical (unpaired) electrons. The Labute approximate surface area is 237 Å². The summed E-state index contributed by atoms with van der Waals surface area (Å²) >= 11 is 15.1. The summed E-state index contributed by atoms with van der Waals surface area (Å²) in [6.45, 7) is 4.56. The zero-order chi connectivity index (χ0) is 23.9. The second kappa shape index (κ2) is 13.3. The van der Waals surface area contributed by atoms with Gasteiger partial charge >= 0.3 is 0 Å². The van der Waals surface area contributed by atoms with E-state index in [9.17, 15) is 0 Å². The molecule has 0 atom stereocenters. The van der Waals surface area contributed by atoms with Crippen LogP contribution >= 0.6 is 77.2 Å². The molecule has 0 bridgehead atoms. The lowest BCUT2D eigenvalue weighted by Crippen LogP contribution is -1.85. The van der Waals surface area contributed by atoms with Gasteiger partial charge in [0, 0.05) is 29.3 Å². The van der Waals surface area contributed by atoms with Crippen molar-refractivity contribution in [1.82, 2.24) is 0 Å². The number of unbranched alkanes of at least 4 members (excludes halogenated alkanes) is 6. The molecule has 4 rings (SSSR count). The fourth-order valence-electron chi connectivity index (χ4n) is 4.25. The number of thiophene rings is 4. The Morgan fingerprint density at radius 2 is 0.941 bits per heavy atom. The third-order valence-corrected chi connectivity index (χ3v) is 12.1. The summed E-state index contributed by atoms with van der Waals surface area (Å²) in [5.41, 5.74) is 3.01. The van der Waals surface area contributed by atoms with E-state index in [-0.39, 0.29) is 0 Å². The van der Waals surface area contributed by atoms with Crippen LogP contribution < -0.4 is 0 Å². The van der Waals surface area contributed by atoms with Crippen LogP contribution in [-0.4, -0.2) is 0 Å². The van der Waals surface area contributed by atoms with Crippen molar-refractivity contribution in [2.24, 2.45) is 0 Å². The van der Waals surface area contributed by atoms with E-state index in [2.05, 4.69) is 82.1 Å². The highest BCUT2D eigenvalue weighted by Crippen LogP contribution is 2.46. The van der Waals surface area contributed by atoms with Crippen LogP contribution in [0, 0.1) is 0 Å². The molecule has 0 aromatic carbocycles. The van der Waals surface area contributed by atoms with Crippen molar-refractivity contribution in [3.63, 3.8) is 0 Å². The molecule has 0 nitrogen and oxygen atoms in total. The Bertz CT molecular complexity index is 1080. The van der Waals surface area contributed by atoms with Crippen LogP contribution in [0.15, 0.2) is 44.0 Å². The molecular formula is C28H32Br2S4. The monoisotopic (exact) mass is 654 g/mol. The van der Waals surface area contributed by atoms with Crippen LogP contribution in [0.1, 0.15) is 76.3 Å². The summed E-state index contributed by atoms with van der Waals surface area (Å²) in [7, 11) is 0. The van der Waals surface area contributed by atoms with Crippen molar-refractivity contribution in [2.75, 3.05) is 0 Å². The van der Waals surface area contributed by atoms with Gasteiger partial charge in [0.15, 0.2) is 0 Å². The number of rotatable bonds is 13. The molecule has 34 heavy (non-hydrogen) atoms. The number of hydrogen-bond donors (Lipinski definition) is 0. The van der Waals surface area contributed by atoms with Gasteiger partial charge in [0.2, 0.25) is 0 Å². The highest BCUT2D eigenvalue weighted by Gasteiger charge is 2.16. The third-order valence-electron chi connectivity index (χ3n) is 6.06. The van der Waals surface area contributed by atoms with Gasteiger partial charge in [-0.2, -0.15) is 0 Å². The minimum atomic E-state index is 1.18. The van der Waals surface area contributed by atoms with E-state index < -0.39 is 0 Å². The summed E-state index contributed by atoms with van der Waals surface area (Å²) in [5, 5.41) is 0. The molecule has 4 heterocycles. The average Bonchev–Trinajstić information content (AvgIpc) is 3.60. The molecule has 0 fully saturated rings. The van der Waals surface area contributed by atoms with Crippen molar-refractivity contribution in [1.29, 1.82) is 0 Å². The molecule has 0 saturated carbocycles. The molecule has 0 N–H and O–H groups in total. The van der Waals surface area contributed by atoms with Gasteiger partial charge in [-0.15, -0.1) is 45.3 Å². The summed E-state index contributed by atoms with van der Waals surface area (Å²) in [6.07, 6.45) is 12.9. The quantitative estimate of drug-likeness (QED) is 0.126. The van der Waals surface area contributed by atoms with E-state index in [0.717, 1.165) is 0 Å². The molecule has 0 spiro atoms. The van der Waals surface area contributed by atoms with Gasteiger partial charge in [-0.05, 0) is 105 Å². The molecule has 0 unspecified atom stereocenters. The van der Waals surface area contributed by atoms with Crippen molar-refractivity contribution in [3.8, 4) is 29.3 Å². The van der Waals surface area contributed by atoms with Crippen LogP contribution in [0.5, 0.6) is 0 Å². The van der Waals surface area contributed by atoms with Crippen molar-refractivity contribution in [3.05, 3.63) is 55.1 Å². The first-order chi connectivity index (χ1) is 16.6. The first kappa shape index (κ1) is 26.8. The fraction of sp³-hybridized carbons (Fsp3) is 0.429. The average molecular weight is 657 g/mol. The molecule has 4 aromatic rings. The van der Waals surface area contributed by atoms with E-state index in [4.69, 9.17) is 0 Å². The Morgan fingerprint density at radius 1 is 0.529 bits per heavy atom. The maximum Gasteiger partial charge on any atom is 0.0708 e. The lowest BCUT2D eigenvalue weighted by atomic mass is 10.1. The first-order valence-corrected chi connectivity index (χ1v) is 17.2. The molecule has 0 aliphatic heterocycles. The predicted molar refractivity (Wildman–Crippen MR) is 165 cm³/mol. The zero-order valence-electron chi connectivity index (χ0n) is 19.9. The van der Waals surface area contributed by atoms with Gasteiger partial charge in [0.1, 0.15) is 0 Å². The second-order valence-electron chi connectivity index (χ2n) is 8.76. The normalized spacial score (nSPS) is 11.5. The van der Waals surface area contributed by atoms with Crippen LogP contribution in [0.25, 0.3) is 29.3 Å². The standard InChI is InChI=1S/C28H32Br2S4/c1-3-5-7-9-11-19-17-25(29)33-27(19)23-15-13-21(31-23)22-14-16-24(32-22)28-20(18-26(30)34-28)12-10-8-6-4-2/h13-18H,3-12H2,1-2H3. The Balaban J connectivity index is 1.50. The van der Waals surface area contributed by atoms with E-state index in [1.807, 2.05) is 45.3 Å². The molecule has 0 saturated heterocycles. The molecule has 6 heteroatoms. The largest absolute Gasteiger partial charge is 0.134 e. The summed E-state index contributed by atoms with van der Waals surface area (Å²) < 4.78 is 2.49. The van der Waals surface area contributed by atoms with Crippen molar-refractivity contribution in [2.45, 2.75) is 78.1 Å². The molecule has 0 aliphatic rings. The van der Waals surface area contributed by atoms with Crippen LogP contribution in [-0.2, 0) is 12.8 Å². The summed E-state index contributed by atoms with van der Waals surface area (Å²) in [6, 6.07) is 14.0. The lowest BCUT2D eigenvalue weighted by Gasteiger charge is -2.02. The van der Waals surface area contributed by atoms with Crippen LogP contribution in [0.3, 0.4) is 0 Å². The summed E-state index contributed by atoms with van der Waals surface area (Å²) in [5.74, 6) is 0. The highest BCUT2D eigenvalue weighted by atomic mass is 79.9. The van der Waals surface area contributed by atoms with Gasteiger partial charge in [-0.1, -0.05) is 52.4 Å².